The normalized spacial score (nSPS) is 12.8. The number of halogens is 3. The molecule has 4 aromatic rings. The van der Waals surface area contributed by atoms with Gasteiger partial charge in [0.1, 0.15) is 4.60 Å². The first-order valence-electron chi connectivity index (χ1n) is 12.4. The van der Waals surface area contributed by atoms with Gasteiger partial charge in [0.25, 0.3) is 0 Å². The SMILES string of the molecule is CB1OB(C)OB(C)O1.COC(=O)c1ccc2nc(Br)c(Cl)cc2c1.COC(=O)c1ccc2nc(C)c(Cl)cc2c1. The first-order chi connectivity index (χ1) is 19.4. The number of nitrogens with zero attached hydrogens (tertiary/aromatic N) is 2. The Kier molecular flexibility index (Phi) is 12.0. The van der Waals surface area contributed by atoms with Crippen molar-refractivity contribution in [2.24, 2.45) is 0 Å². The number of fused-ring (bicyclic) bond motifs is 2. The summed E-state index contributed by atoms with van der Waals surface area (Å²) in [5, 5.41) is 2.73. The molecule has 3 heterocycles. The number of ether oxygens (including phenoxy) is 2. The van der Waals surface area contributed by atoms with Crippen LogP contribution in [0.2, 0.25) is 30.5 Å². The Bertz CT molecular complexity index is 1440. The Balaban J connectivity index is 0.000000176. The van der Waals surface area contributed by atoms with Crippen LogP contribution in [-0.4, -0.2) is 57.5 Å². The van der Waals surface area contributed by atoms with E-state index in [1.807, 2.05) is 27.4 Å². The Morgan fingerprint density at radius 2 is 1.15 bits per heavy atom. The van der Waals surface area contributed by atoms with Gasteiger partial charge in [0.2, 0.25) is 0 Å². The number of methoxy groups -OCH3 is 2. The fourth-order valence-corrected chi connectivity index (χ4v) is 4.39. The maximum absolute atomic E-state index is 11.3. The van der Waals surface area contributed by atoms with Crippen LogP contribution >= 0.6 is 39.1 Å². The van der Waals surface area contributed by atoms with Crippen LogP contribution in [0.1, 0.15) is 26.4 Å². The van der Waals surface area contributed by atoms with Gasteiger partial charge in [-0.05, 0) is 91.9 Å². The lowest BCUT2D eigenvalue weighted by Crippen LogP contribution is -2.44. The standard InChI is InChI=1S/C12H10ClNO2.C11H7BrClNO2.C3H9B3O3/c1-7-10(13)6-9-5-8(12(15)16-2)3-4-11(9)14-7;1-16-11(15)6-2-3-9-7(4-6)5-8(13)10(12)14-9;1-4-7-5(2)9-6(3)8-4/h3-6H,1-2H3;2-5H,1H3;1-3H3. The summed E-state index contributed by atoms with van der Waals surface area (Å²) in [7, 11) is 2.29. The van der Waals surface area contributed by atoms with Crippen LogP contribution in [0.5, 0.6) is 0 Å². The maximum atomic E-state index is 11.3. The molecule has 0 radical (unpaired) electrons. The highest BCUT2D eigenvalue weighted by atomic mass is 79.9. The zero-order valence-corrected chi connectivity index (χ0v) is 26.3. The third-order valence-corrected chi connectivity index (χ3v) is 7.16. The molecule has 0 saturated carbocycles. The lowest BCUT2D eigenvalue weighted by molar-refractivity contribution is 0.0592. The summed E-state index contributed by atoms with van der Waals surface area (Å²) in [6.45, 7) is 7.41. The summed E-state index contributed by atoms with van der Waals surface area (Å²) in [4.78, 5) is 31.2. The molecule has 1 aliphatic heterocycles. The Morgan fingerprint density at radius 1 is 0.732 bits per heavy atom. The molecule has 41 heavy (non-hydrogen) atoms. The van der Waals surface area contributed by atoms with Crippen molar-refractivity contribution < 1.29 is 32.8 Å². The van der Waals surface area contributed by atoms with Crippen molar-refractivity contribution in [1.29, 1.82) is 0 Å². The van der Waals surface area contributed by atoms with Crippen LogP contribution in [0, 0.1) is 6.92 Å². The van der Waals surface area contributed by atoms with Gasteiger partial charge in [0, 0.05) is 10.8 Å². The van der Waals surface area contributed by atoms with Gasteiger partial charge in [-0.1, -0.05) is 23.2 Å². The van der Waals surface area contributed by atoms with Crippen LogP contribution in [0.4, 0.5) is 0 Å². The molecule has 0 amide bonds. The molecule has 1 fully saturated rings. The van der Waals surface area contributed by atoms with E-state index in [0.29, 0.717) is 25.8 Å². The van der Waals surface area contributed by atoms with E-state index in [0.717, 1.165) is 27.5 Å². The van der Waals surface area contributed by atoms with Gasteiger partial charge in [-0.15, -0.1) is 0 Å². The highest BCUT2D eigenvalue weighted by Gasteiger charge is 2.31. The molecule has 2 aromatic heterocycles. The van der Waals surface area contributed by atoms with Gasteiger partial charge in [-0.2, -0.15) is 0 Å². The molecule has 0 spiro atoms. The molecule has 1 aliphatic rings. The number of pyridine rings is 2. The van der Waals surface area contributed by atoms with Gasteiger partial charge in [0.05, 0.1) is 52.1 Å². The number of esters is 2. The monoisotopic (exact) mass is 660 g/mol. The van der Waals surface area contributed by atoms with Gasteiger partial charge in [-0.3, -0.25) is 4.98 Å². The van der Waals surface area contributed by atoms with Crippen molar-refractivity contribution in [3.05, 3.63) is 80.0 Å². The van der Waals surface area contributed by atoms with Gasteiger partial charge >= 0.3 is 33.3 Å². The summed E-state index contributed by atoms with van der Waals surface area (Å²) < 4.78 is 25.2. The zero-order chi connectivity index (χ0) is 30.3. The number of aromatic nitrogens is 2. The third kappa shape index (κ3) is 9.16. The molecular weight excluding hydrogens is 636 g/mol. The van der Waals surface area contributed by atoms with E-state index < -0.39 is 0 Å². The smallest absolute Gasteiger partial charge is 0.426 e. The van der Waals surface area contributed by atoms with Crippen LogP contribution < -0.4 is 0 Å². The largest absolute Gasteiger partial charge is 0.465 e. The molecule has 2 aromatic carbocycles. The Morgan fingerprint density at radius 3 is 1.59 bits per heavy atom. The molecule has 1 saturated heterocycles. The lowest BCUT2D eigenvalue weighted by Gasteiger charge is -2.25. The van der Waals surface area contributed by atoms with Gasteiger partial charge in [-0.25, -0.2) is 14.6 Å². The van der Waals surface area contributed by atoms with Gasteiger partial charge < -0.3 is 23.2 Å². The molecule has 0 aliphatic carbocycles. The van der Waals surface area contributed by atoms with E-state index in [1.54, 1.807) is 48.5 Å². The first-order valence-corrected chi connectivity index (χ1v) is 13.9. The number of hydrogen-bond acceptors (Lipinski definition) is 9. The summed E-state index contributed by atoms with van der Waals surface area (Å²) in [5.41, 5.74) is 3.34. The molecule has 0 atom stereocenters. The van der Waals surface area contributed by atoms with Crippen LogP contribution in [0.25, 0.3) is 21.8 Å². The minimum Gasteiger partial charge on any atom is -0.465 e. The second-order valence-corrected chi connectivity index (χ2v) is 10.3. The number of carbonyl (C=O) groups is 2. The zero-order valence-electron chi connectivity index (χ0n) is 23.2. The number of rotatable bonds is 2. The second kappa shape index (κ2) is 15.0. The maximum Gasteiger partial charge on any atom is 0.426 e. The highest BCUT2D eigenvalue weighted by Crippen LogP contribution is 2.26. The molecular formula is C26H26B3BrCl2N2O7. The highest BCUT2D eigenvalue weighted by molar-refractivity contribution is 9.10. The predicted octanol–water partition coefficient (Wildman–Crippen LogP) is 6.82. The number of hydrogen-bond donors (Lipinski definition) is 0. The van der Waals surface area contributed by atoms with Crippen molar-refractivity contribution >= 4 is 94.2 Å². The minimum absolute atomic E-state index is 0.135. The predicted molar refractivity (Wildman–Crippen MR) is 167 cm³/mol. The van der Waals surface area contributed by atoms with E-state index >= 15 is 0 Å². The Hall–Kier alpha value is -2.67. The van der Waals surface area contributed by atoms with E-state index in [9.17, 15) is 9.59 Å². The van der Waals surface area contributed by atoms with Crippen molar-refractivity contribution in [2.75, 3.05) is 14.2 Å². The van der Waals surface area contributed by atoms with Crippen molar-refractivity contribution in [3.63, 3.8) is 0 Å². The molecule has 9 nitrogen and oxygen atoms in total. The first kappa shape index (κ1) is 32.8. The van der Waals surface area contributed by atoms with Crippen molar-refractivity contribution in [2.45, 2.75) is 27.4 Å². The molecule has 212 valence electrons. The average Bonchev–Trinajstić information content (AvgIpc) is 2.93. The average molecular weight is 662 g/mol. The Labute approximate surface area is 257 Å². The number of aryl methyl sites for hydroxylation is 1. The number of carbonyl (C=O) groups excluding carboxylic acids is 2. The van der Waals surface area contributed by atoms with Gasteiger partial charge in [0.15, 0.2) is 0 Å². The van der Waals surface area contributed by atoms with E-state index in [-0.39, 0.29) is 33.3 Å². The molecule has 0 bridgehead atoms. The quantitative estimate of drug-likeness (QED) is 0.130. The summed E-state index contributed by atoms with van der Waals surface area (Å²) >= 11 is 15.1. The number of benzene rings is 2. The van der Waals surface area contributed by atoms with E-state index in [1.165, 1.54) is 14.2 Å². The third-order valence-electron chi connectivity index (χ3n) is 5.66. The topological polar surface area (TPSA) is 106 Å². The molecule has 5 rings (SSSR count). The summed E-state index contributed by atoms with van der Waals surface area (Å²) in [6.07, 6.45) is 0. The van der Waals surface area contributed by atoms with Crippen LogP contribution in [0.15, 0.2) is 53.1 Å². The second-order valence-electron chi connectivity index (χ2n) is 8.73. The van der Waals surface area contributed by atoms with Crippen molar-refractivity contribution in [1.82, 2.24) is 9.97 Å². The van der Waals surface area contributed by atoms with E-state index in [4.69, 9.17) is 36.9 Å². The van der Waals surface area contributed by atoms with Crippen molar-refractivity contribution in [3.8, 4) is 0 Å². The molecule has 0 N–H and O–H groups in total. The van der Waals surface area contributed by atoms with Crippen LogP contribution in [-0.2, 0) is 23.2 Å². The molecule has 15 heteroatoms. The fraction of sp³-hybridized carbons (Fsp3) is 0.231. The van der Waals surface area contributed by atoms with Crippen LogP contribution in [0.3, 0.4) is 0 Å². The summed E-state index contributed by atoms with van der Waals surface area (Å²) in [5.74, 6) is -0.737. The van der Waals surface area contributed by atoms with E-state index in [2.05, 4.69) is 35.4 Å². The minimum atomic E-state index is -0.374. The summed E-state index contributed by atoms with van der Waals surface area (Å²) in [6, 6.07) is 13.9. The lowest BCUT2D eigenvalue weighted by atomic mass is 9.74. The fourth-order valence-electron chi connectivity index (χ4n) is 3.77. The molecule has 0 unspecified atom stereocenters.